The summed E-state index contributed by atoms with van der Waals surface area (Å²) in [6.45, 7) is 1.72. The second-order valence-corrected chi connectivity index (χ2v) is 4.98. The van der Waals surface area contributed by atoms with E-state index in [2.05, 4.69) is 15.3 Å². The first-order valence-corrected chi connectivity index (χ1v) is 5.97. The van der Waals surface area contributed by atoms with Crippen molar-refractivity contribution >= 4 is 16.3 Å². The fourth-order valence-electron chi connectivity index (χ4n) is 1.74. The molecule has 0 aromatic carbocycles. The minimum Gasteiger partial charge on any atom is -0.386 e. The van der Waals surface area contributed by atoms with Gasteiger partial charge in [0.2, 0.25) is 4.96 Å². The second kappa shape index (κ2) is 3.24. The third-order valence-electron chi connectivity index (χ3n) is 2.86. The Morgan fingerprint density at radius 2 is 2.27 bits per heavy atom. The van der Waals surface area contributed by atoms with Crippen LogP contribution in [0.25, 0.3) is 4.96 Å². The molecule has 5 nitrogen and oxygen atoms in total. The normalized spacial score (nSPS) is 19.3. The van der Waals surface area contributed by atoms with E-state index in [1.54, 1.807) is 11.4 Å². The molecule has 80 valence electrons. The first-order valence-electron chi connectivity index (χ1n) is 5.16. The van der Waals surface area contributed by atoms with Gasteiger partial charge in [-0.05, 0) is 19.8 Å². The maximum Gasteiger partial charge on any atom is 0.234 e. The molecule has 0 saturated heterocycles. The van der Waals surface area contributed by atoms with E-state index in [4.69, 9.17) is 0 Å². The molecule has 6 heteroatoms. The summed E-state index contributed by atoms with van der Waals surface area (Å²) < 4.78 is 1.79. The molecule has 1 atom stereocenters. The van der Waals surface area contributed by atoms with Gasteiger partial charge in [-0.3, -0.25) is 0 Å². The molecule has 1 N–H and O–H groups in total. The predicted octanol–water partition coefficient (Wildman–Crippen LogP) is 1.51. The Bertz CT molecular complexity index is 485. The van der Waals surface area contributed by atoms with Crippen molar-refractivity contribution in [2.45, 2.75) is 38.2 Å². The minimum absolute atomic E-state index is 0.518. The molecule has 3 rings (SSSR count). The number of aliphatic hydroxyl groups is 1. The molecule has 1 aliphatic carbocycles. The molecular formula is C9H12N4OS. The number of hydrogen-bond donors (Lipinski definition) is 1. The molecule has 1 saturated carbocycles. The molecule has 15 heavy (non-hydrogen) atoms. The molecule has 0 bridgehead atoms. The maximum absolute atomic E-state index is 9.43. The molecule has 2 aromatic rings. The third-order valence-corrected chi connectivity index (χ3v) is 3.93. The van der Waals surface area contributed by atoms with Crippen LogP contribution < -0.4 is 0 Å². The van der Waals surface area contributed by atoms with Crippen LogP contribution in [0.3, 0.4) is 0 Å². The summed E-state index contributed by atoms with van der Waals surface area (Å²) in [5.41, 5.74) is 0. The smallest absolute Gasteiger partial charge is 0.234 e. The van der Waals surface area contributed by atoms with Gasteiger partial charge >= 0.3 is 0 Å². The van der Waals surface area contributed by atoms with Gasteiger partial charge in [0.1, 0.15) is 11.1 Å². The average Bonchev–Trinajstić information content (AvgIpc) is 2.63. The third kappa shape index (κ3) is 1.36. The summed E-state index contributed by atoms with van der Waals surface area (Å²) in [4.78, 5) is 0.785. The molecule has 0 radical (unpaired) electrons. The summed E-state index contributed by atoms with van der Waals surface area (Å²) >= 11 is 1.41. The van der Waals surface area contributed by atoms with Gasteiger partial charge in [0, 0.05) is 5.92 Å². The van der Waals surface area contributed by atoms with Crippen molar-refractivity contribution in [3.8, 4) is 0 Å². The van der Waals surface area contributed by atoms with Crippen LogP contribution in [0.15, 0.2) is 0 Å². The van der Waals surface area contributed by atoms with Gasteiger partial charge in [0.05, 0.1) is 0 Å². The molecular weight excluding hydrogens is 212 g/mol. The molecule has 0 aliphatic heterocycles. The molecule has 2 aromatic heterocycles. The molecule has 2 heterocycles. The lowest BCUT2D eigenvalue weighted by Gasteiger charge is -2.22. The van der Waals surface area contributed by atoms with Crippen molar-refractivity contribution in [1.29, 1.82) is 0 Å². The number of rotatable bonds is 2. The van der Waals surface area contributed by atoms with Gasteiger partial charge in [0.25, 0.3) is 0 Å². The summed E-state index contributed by atoms with van der Waals surface area (Å²) in [6.07, 6.45) is 3.11. The molecule has 1 fully saturated rings. The van der Waals surface area contributed by atoms with Crippen LogP contribution in [0.4, 0.5) is 0 Å². The highest BCUT2D eigenvalue weighted by Gasteiger charge is 2.26. The highest BCUT2D eigenvalue weighted by Crippen LogP contribution is 2.35. The number of hydrogen-bond acceptors (Lipinski definition) is 5. The largest absolute Gasteiger partial charge is 0.386 e. The van der Waals surface area contributed by atoms with Crippen molar-refractivity contribution in [3.05, 3.63) is 10.8 Å². The Balaban J connectivity index is 2.07. The Hall–Kier alpha value is -1.01. The second-order valence-electron chi connectivity index (χ2n) is 4.00. The highest BCUT2D eigenvalue weighted by molar-refractivity contribution is 7.16. The van der Waals surface area contributed by atoms with Gasteiger partial charge in [0.15, 0.2) is 5.82 Å². The van der Waals surface area contributed by atoms with E-state index in [0.717, 1.165) is 10.8 Å². The van der Waals surface area contributed by atoms with Crippen LogP contribution in [0.1, 0.15) is 49.0 Å². The topological polar surface area (TPSA) is 63.3 Å². The van der Waals surface area contributed by atoms with E-state index in [1.165, 1.54) is 30.6 Å². The number of aromatic nitrogens is 4. The van der Waals surface area contributed by atoms with E-state index < -0.39 is 6.10 Å². The molecule has 0 amide bonds. The average molecular weight is 224 g/mol. The van der Waals surface area contributed by atoms with Crippen LogP contribution in [0.2, 0.25) is 0 Å². The van der Waals surface area contributed by atoms with E-state index in [1.807, 2.05) is 0 Å². The lowest BCUT2D eigenvalue weighted by Crippen LogP contribution is -2.13. The highest BCUT2D eigenvalue weighted by atomic mass is 32.1. The fourth-order valence-corrected chi connectivity index (χ4v) is 2.52. The van der Waals surface area contributed by atoms with Gasteiger partial charge in [-0.25, -0.2) is 0 Å². The van der Waals surface area contributed by atoms with Crippen LogP contribution in [0, 0.1) is 0 Å². The first kappa shape index (κ1) is 9.23. The van der Waals surface area contributed by atoms with Gasteiger partial charge in [-0.2, -0.15) is 9.61 Å². The quantitative estimate of drug-likeness (QED) is 0.839. The predicted molar refractivity (Wildman–Crippen MR) is 55.9 cm³/mol. The van der Waals surface area contributed by atoms with Crippen LogP contribution in [-0.4, -0.2) is 24.9 Å². The van der Waals surface area contributed by atoms with Crippen LogP contribution >= 0.6 is 11.3 Å². The summed E-state index contributed by atoms with van der Waals surface area (Å²) in [6, 6.07) is 0. The summed E-state index contributed by atoms with van der Waals surface area (Å²) in [7, 11) is 0. The molecule has 1 unspecified atom stereocenters. The monoisotopic (exact) mass is 224 g/mol. The van der Waals surface area contributed by atoms with E-state index in [-0.39, 0.29) is 0 Å². The zero-order valence-electron chi connectivity index (χ0n) is 8.42. The lowest BCUT2D eigenvalue weighted by molar-refractivity contribution is 0.197. The van der Waals surface area contributed by atoms with Crippen molar-refractivity contribution < 1.29 is 5.11 Å². The Morgan fingerprint density at radius 1 is 1.47 bits per heavy atom. The fraction of sp³-hybridized carbons (Fsp3) is 0.667. The Kier molecular flexibility index (Phi) is 2.00. The van der Waals surface area contributed by atoms with Crippen molar-refractivity contribution in [2.75, 3.05) is 0 Å². The summed E-state index contributed by atoms with van der Waals surface area (Å²) in [5.74, 6) is 1.48. The zero-order chi connectivity index (χ0) is 10.4. The van der Waals surface area contributed by atoms with E-state index >= 15 is 0 Å². The zero-order valence-corrected chi connectivity index (χ0v) is 9.24. The van der Waals surface area contributed by atoms with Gasteiger partial charge in [-0.1, -0.05) is 17.8 Å². The van der Waals surface area contributed by atoms with Crippen LogP contribution in [-0.2, 0) is 0 Å². The summed E-state index contributed by atoms with van der Waals surface area (Å²) in [5, 5.41) is 22.7. The Morgan fingerprint density at radius 3 is 2.87 bits per heavy atom. The van der Waals surface area contributed by atoms with Crippen LogP contribution in [0.5, 0.6) is 0 Å². The van der Waals surface area contributed by atoms with E-state index in [0.29, 0.717) is 10.9 Å². The van der Waals surface area contributed by atoms with E-state index in [9.17, 15) is 5.11 Å². The number of nitrogens with zero attached hydrogens (tertiary/aromatic N) is 4. The number of fused-ring (bicyclic) bond motifs is 1. The molecule has 0 spiro atoms. The standard InChI is InChI=1S/C9H12N4OS/c1-5(14)8-12-13-7(6-3-2-4-6)10-11-9(13)15-8/h5-6,14H,2-4H2,1H3. The van der Waals surface area contributed by atoms with Gasteiger partial charge < -0.3 is 5.11 Å². The molecule has 1 aliphatic rings. The van der Waals surface area contributed by atoms with Crippen molar-refractivity contribution in [2.24, 2.45) is 0 Å². The van der Waals surface area contributed by atoms with Crippen molar-refractivity contribution in [3.63, 3.8) is 0 Å². The number of aliphatic hydroxyl groups excluding tert-OH is 1. The minimum atomic E-state index is -0.522. The van der Waals surface area contributed by atoms with Crippen molar-refractivity contribution in [1.82, 2.24) is 19.8 Å². The Labute approximate surface area is 90.8 Å². The first-order chi connectivity index (χ1) is 7.25. The van der Waals surface area contributed by atoms with Gasteiger partial charge in [-0.15, -0.1) is 10.2 Å². The maximum atomic E-state index is 9.43. The lowest BCUT2D eigenvalue weighted by atomic mass is 9.85. The SMILES string of the molecule is CC(O)c1nn2c(C3CCC3)nnc2s1.